The summed E-state index contributed by atoms with van der Waals surface area (Å²) in [4.78, 5) is 31.8. The molecule has 158 valence electrons. The summed E-state index contributed by atoms with van der Waals surface area (Å²) < 4.78 is 10.8. The van der Waals surface area contributed by atoms with Crippen LogP contribution in [-0.2, 0) is 16.9 Å². The van der Waals surface area contributed by atoms with E-state index in [1.54, 1.807) is 36.5 Å². The highest BCUT2D eigenvalue weighted by Gasteiger charge is 2.49. The first-order chi connectivity index (χ1) is 14.5. The van der Waals surface area contributed by atoms with Crippen molar-refractivity contribution in [3.05, 3.63) is 46.2 Å². The maximum absolute atomic E-state index is 13.2. The minimum atomic E-state index is -1.11. The molecule has 1 atom stereocenters. The number of imide groups is 1. The summed E-state index contributed by atoms with van der Waals surface area (Å²) in [5.41, 5.74) is 0.911. The largest absolute Gasteiger partial charge is 0.454 e. The van der Waals surface area contributed by atoms with Crippen molar-refractivity contribution in [3.63, 3.8) is 0 Å². The Morgan fingerprint density at radius 3 is 2.60 bits per heavy atom. The third-order valence-corrected chi connectivity index (χ3v) is 6.75. The minimum absolute atomic E-state index is 0.167. The van der Waals surface area contributed by atoms with Crippen LogP contribution in [-0.4, -0.2) is 66.3 Å². The Bertz CT molecular complexity index is 958. The third kappa shape index (κ3) is 3.42. The number of amides is 3. The van der Waals surface area contributed by atoms with Crippen LogP contribution in [0.4, 0.5) is 4.79 Å². The molecule has 30 heavy (non-hydrogen) atoms. The number of urea groups is 1. The van der Waals surface area contributed by atoms with Crippen LogP contribution in [0.15, 0.2) is 35.0 Å². The number of nitrogens with zero attached hydrogens (tertiary/aromatic N) is 3. The second kappa shape index (κ2) is 7.57. The van der Waals surface area contributed by atoms with E-state index in [4.69, 9.17) is 9.47 Å². The van der Waals surface area contributed by atoms with E-state index >= 15 is 0 Å². The van der Waals surface area contributed by atoms with Crippen LogP contribution in [0.25, 0.3) is 0 Å². The van der Waals surface area contributed by atoms with Gasteiger partial charge in [0.1, 0.15) is 5.54 Å². The van der Waals surface area contributed by atoms with Crippen molar-refractivity contribution in [1.29, 1.82) is 0 Å². The van der Waals surface area contributed by atoms with Crippen LogP contribution < -0.4 is 14.8 Å². The highest BCUT2D eigenvalue weighted by Crippen LogP contribution is 2.37. The molecule has 2 fully saturated rings. The summed E-state index contributed by atoms with van der Waals surface area (Å²) in [5.74, 6) is 0.999. The van der Waals surface area contributed by atoms with Crippen LogP contribution in [0.2, 0.25) is 0 Å². The van der Waals surface area contributed by atoms with E-state index in [2.05, 4.69) is 31.9 Å². The van der Waals surface area contributed by atoms with Gasteiger partial charge in [0.25, 0.3) is 5.91 Å². The Hall–Kier alpha value is -2.62. The van der Waals surface area contributed by atoms with Gasteiger partial charge in [-0.05, 0) is 47.0 Å². The Morgan fingerprint density at radius 1 is 1.07 bits per heavy atom. The second-order valence-corrected chi connectivity index (χ2v) is 8.80. The number of thiophene rings is 1. The molecular formula is C21H24N4O4S. The molecule has 0 aliphatic carbocycles. The zero-order chi connectivity index (χ0) is 20.7. The van der Waals surface area contributed by atoms with Crippen molar-refractivity contribution in [2.24, 2.45) is 0 Å². The van der Waals surface area contributed by atoms with E-state index in [0.717, 1.165) is 32.7 Å². The molecule has 3 aliphatic rings. The quantitative estimate of drug-likeness (QED) is 0.735. The minimum Gasteiger partial charge on any atom is -0.454 e. The van der Waals surface area contributed by atoms with Crippen LogP contribution >= 0.6 is 11.3 Å². The number of ether oxygens (including phenoxy) is 2. The first-order valence-corrected chi connectivity index (χ1v) is 11.0. The Kier molecular flexibility index (Phi) is 4.88. The molecule has 5 rings (SSSR count). The number of hydrogen-bond acceptors (Lipinski definition) is 7. The number of carbonyl (C=O) groups is 2. The van der Waals surface area contributed by atoms with Gasteiger partial charge in [0.15, 0.2) is 11.5 Å². The lowest BCUT2D eigenvalue weighted by Crippen LogP contribution is -2.51. The van der Waals surface area contributed by atoms with E-state index in [-0.39, 0.29) is 18.7 Å². The molecule has 2 saturated heterocycles. The zero-order valence-corrected chi connectivity index (χ0v) is 17.6. The SMILES string of the molecule is CC1(c2ccc3c(c2)OCO3)NC(=O)N(CN2CCN(Cc3ccsc3)CC2)C1=O. The lowest BCUT2D eigenvalue weighted by Gasteiger charge is -2.36. The molecule has 0 saturated carbocycles. The normalized spacial score (nSPS) is 24.5. The van der Waals surface area contributed by atoms with Gasteiger partial charge in [-0.1, -0.05) is 6.07 Å². The Balaban J connectivity index is 1.23. The predicted molar refractivity (Wildman–Crippen MR) is 111 cm³/mol. The molecule has 2 aromatic rings. The molecule has 1 N–H and O–H groups in total. The van der Waals surface area contributed by atoms with Gasteiger partial charge in [-0.25, -0.2) is 9.69 Å². The third-order valence-electron chi connectivity index (χ3n) is 6.02. The maximum Gasteiger partial charge on any atom is 0.326 e. The van der Waals surface area contributed by atoms with Gasteiger partial charge in [0.2, 0.25) is 6.79 Å². The summed E-state index contributed by atoms with van der Waals surface area (Å²) in [6, 6.07) is 7.14. The van der Waals surface area contributed by atoms with Crippen molar-refractivity contribution < 1.29 is 19.1 Å². The topological polar surface area (TPSA) is 74.4 Å². The smallest absolute Gasteiger partial charge is 0.326 e. The highest BCUT2D eigenvalue weighted by atomic mass is 32.1. The lowest BCUT2D eigenvalue weighted by molar-refractivity contribution is -0.132. The predicted octanol–water partition coefficient (Wildman–Crippen LogP) is 2.02. The first-order valence-electron chi connectivity index (χ1n) is 10.0. The number of carbonyl (C=O) groups excluding carboxylic acids is 2. The molecule has 8 nitrogen and oxygen atoms in total. The molecule has 3 aliphatic heterocycles. The van der Waals surface area contributed by atoms with Gasteiger partial charge in [-0.2, -0.15) is 11.3 Å². The van der Waals surface area contributed by atoms with Crippen molar-refractivity contribution in [2.75, 3.05) is 39.6 Å². The Labute approximate surface area is 179 Å². The van der Waals surface area contributed by atoms with Crippen LogP contribution in [0.5, 0.6) is 11.5 Å². The molecule has 1 aromatic heterocycles. The summed E-state index contributed by atoms with van der Waals surface area (Å²) in [6.45, 7) is 6.63. The van der Waals surface area contributed by atoms with Crippen molar-refractivity contribution in [1.82, 2.24) is 20.0 Å². The molecule has 3 amide bonds. The first kappa shape index (κ1) is 19.3. The summed E-state index contributed by atoms with van der Waals surface area (Å²) in [7, 11) is 0. The number of rotatable bonds is 5. The second-order valence-electron chi connectivity index (χ2n) is 8.02. The van der Waals surface area contributed by atoms with Gasteiger partial charge in [0, 0.05) is 32.7 Å². The Morgan fingerprint density at radius 2 is 1.83 bits per heavy atom. The van der Waals surface area contributed by atoms with E-state index < -0.39 is 5.54 Å². The number of hydrogen-bond donors (Lipinski definition) is 1. The average Bonchev–Trinajstić information content (AvgIpc) is 3.47. The fourth-order valence-electron chi connectivity index (χ4n) is 4.16. The van der Waals surface area contributed by atoms with E-state index in [9.17, 15) is 9.59 Å². The van der Waals surface area contributed by atoms with Gasteiger partial charge >= 0.3 is 6.03 Å². The van der Waals surface area contributed by atoms with Crippen molar-refractivity contribution in [3.8, 4) is 11.5 Å². The lowest BCUT2D eigenvalue weighted by atomic mass is 9.92. The van der Waals surface area contributed by atoms with E-state index in [0.29, 0.717) is 23.7 Å². The number of fused-ring (bicyclic) bond motifs is 1. The number of benzene rings is 1. The summed E-state index contributed by atoms with van der Waals surface area (Å²) in [6.07, 6.45) is 0. The zero-order valence-electron chi connectivity index (χ0n) is 16.8. The number of nitrogens with one attached hydrogen (secondary N) is 1. The van der Waals surface area contributed by atoms with Crippen LogP contribution in [0.3, 0.4) is 0 Å². The fourth-order valence-corrected chi connectivity index (χ4v) is 4.82. The molecule has 0 spiro atoms. The van der Waals surface area contributed by atoms with E-state index in [1.807, 2.05) is 0 Å². The van der Waals surface area contributed by atoms with Gasteiger partial charge in [0.05, 0.1) is 6.67 Å². The molecule has 1 unspecified atom stereocenters. The van der Waals surface area contributed by atoms with Gasteiger partial charge in [-0.3, -0.25) is 14.6 Å². The molecule has 9 heteroatoms. The van der Waals surface area contributed by atoms with Gasteiger partial charge in [-0.15, -0.1) is 0 Å². The molecule has 0 bridgehead atoms. The van der Waals surface area contributed by atoms with Crippen LogP contribution in [0.1, 0.15) is 18.1 Å². The monoisotopic (exact) mass is 428 g/mol. The van der Waals surface area contributed by atoms with Crippen molar-refractivity contribution >= 4 is 23.3 Å². The number of piperazine rings is 1. The summed E-state index contributed by atoms with van der Waals surface area (Å²) in [5, 5.41) is 7.15. The summed E-state index contributed by atoms with van der Waals surface area (Å²) >= 11 is 1.71. The fraction of sp³-hybridized carbons (Fsp3) is 0.429. The highest BCUT2D eigenvalue weighted by molar-refractivity contribution is 7.07. The standard InChI is InChI=1S/C21H24N4O4S/c1-21(16-2-3-17-18(10-16)29-14-28-17)19(26)25(20(27)22-21)13-24-7-5-23(6-8-24)11-15-4-9-30-12-15/h2-4,9-10,12H,5-8,11,13-14H2,1H3,(H,22,27). The molecule has 1 aromatic carbocycles. The molecule has 0 radical (unpaired) electrons. The molecule has 4 heterocycles. The van der Waals surface area contributed by atoms with Crippen LogP contribution in [0, 0.1) is 0 Å². The van der Waals surface area contributed by atoms with E-state index in [1.165, 1.54) is 10.5 Å². The van der Waals surface area contributed by atoms with Crippen molar-refractivity contribution in [2.45, 2.75) is 19.0 Å². The average molecular weight is 429 g/mol. The van der Waals surface area contributed by atoms with Gasteiger partial charge < -0.3 is 14.8 Å². The molecular weight excluding hydrogens is 404 g/mol. The maximum atomic E-state index is 13.2.